The van der Waals surface area contributed by atoms with E-state index in [-0.39, 0.29) is 23.3 Å². The third-order valence-electron chi connectivity index (χ3n) is 4.68. The molecule has 1 N–H and O–H groups in total. The molecule has 132 valence electrons. The predicted molar refractivity (Wildman–Crippen MR) is 94.1 cm³/mol. The fourth-order valence-corrected chi connectivity index (χ4v) is 3.18. The number of hydrogen-bond donors (Lipinski definition) is 1. The van der Waals surface area contributed by atoms with Gasteiger partial charge in [-0.2, -0.15) is 5.10 Å². The van der Waals surface area contributed by atoms with Gasteiger partial charge in [0.25, 0.3) is 0 Å². The van der Waals surface area contributed by atoms with Crippen LogP contribution in [-0.2, 0) is 4.79 Å². The van der Waals surface area contributed by atoms with Gasteiger partial charge in [-0.3, -0.25) is 4.79 Å². The lowest BCUT2D eigenvalue weighted by Crippen LogP contribution is -2.18. The number of nitrogens with one attached hydrogen (secondary N) is 1. The summed E-state index contributed by atoms with van der Waals surface area (Å²) in [5.74, 6) is -1.25. The standard InChI is InChI=1S/C20H17F2N3O/c1-12-11-23-25(14-5-3-2-4-6-14)19(12)24-20(26)17-10-15(17)16-9-13(21)7-8-18(16)22/h2-9,11,15,17H,10H2,1H3,(H,24,26)/t15-,17-/m1/s1. The highest BCUT2D eigenvalue weighted by atomic mass is 19.1. The fourth-order valence-electron chi connectivity index (χ4n) is 3.18. The number of carbonyl (C=O) groups is 1. The van der Waals surface area contributed by atoms with Crippen LogP contribution < -0.4 is 5.32 Å². The number of anilines is 1. The monoisotopic (exact) mass is 353 g/mol. The van der Waals surface area contributed by atoms with E-state index in [0.717, 1.165) is 23.4 Å². The van der Waals surface area contributed by atoms with Gasteiger partial charge in [0.15, 0.2) is 0 Å². The Balaban J connectivity index is 1.54. The Morgan fingerprint density at radius 1 is 1.19 bits per heavy atom. The first-order valence-electron chi connectivity index (χ1n) is 8.40. The van der Waals surface area contributed by atoms with Crippen LogP contribution in [0, 0.1) is 24.5 Å². The van der Waals surface area contributed by atoms with Crippen molar-refractivity contribution in [3.8, 4) is 5.69 Å². The molecule has 2 aromatic carbocycles. The molecule has 0 spiro atoms. The average molecular weight is 353 g/mol. The second kappa shape index (κ2) is 6.37. The van der Waals surface area contributed by atoms with Crippen molar-refractivity contribution in [2.75, 3.05) is 5.32 Å². The molecule has 1 aromatic heterocycles. The minimum atomic E-state index is -0.495. The molecule has 0 radical (unpaired) electrons. The zero-order chi connectivity index (χ0) is 18.3. The number of aryl methyl sites for hydroxylation is 1. The van der Waals surface area contributed by atoms with Crippen molar-refractivity contribution in [2.24, 2.45) is 5.92 Å². The van der Waals surface area contributed by atoms with E-state index in [9.17, 15) is 13.6 Å². The van der Waals surface area contributed by atoms with E-state index in [4.69, 9.17) is 0 Å². The summed E-state index contributed by atoms with van der Waals surface area (Å²) in [5, 5.41) is 7.21. The summed E-state index contributed by atoms with van der Waals surface area (Å²) in [6, 6.07) is 12.8. The van der Waals surface area contributed by atoms with Gasteiger partial charge in [-0.15, -0.1) is 0 Å². The first kappa shape index (κ1) is 16.4. The zero-order valence-corrected chi connectivity index (χ0v) is 14.1. The molecule has 4 nitrogen and oxygen atoms in total. The Labute approximate surface area is 149 Å². The number of halogens is 2. The minimum Gasteiger partial charge on any atom is -0.310 e. The van der Waals surface area contributed by atoms with Crippen LogP contribution in [0.2, 0.25) is 0 Å². The summed E-state index contributed by atoms with van der Waals surface area (Å²) >= 11 is 0. The van der Waals surface area contributed by atoms with Gasteiger partial charge < -0.3 is 5.32 Å². The molecule has 1 heterocycles. The van der Waals surface area contributed by atoms with Crippen molar-refractivity contribution in [3.05, 3.63) is 77.5 Å². The average Bonchev–Trinajstić information content (AvgIpc) is 3.36. The lowest BCUT2D eigenvalue weighted by molar-refractivity contribution is -0.117. The summed E-state index contributed by atoms with van der Waals surface area (Å²) in [4.78, 5) is 12.6. The van der Waals surface area contributed by atoms with Gasteiger partial charge in [0.1, 0.15) is 17.5 Å². The highest BCUT2D eigenvalue weighted by Gasteiger charge is 2.45. The van der Waals surface area contributed by atoms with Crippen molar-refractivity contribution in [1.82, 2.24) is 9.78 Å². The van der Waals surface area contributed by atoms with Crippen LogP contribution in [-0.4, -0.2) is 15.7 Å². The summed E-state index contributed by atoms with van der Waals surface area (Å²) < 4.78 is 29.0. The van der Waals surface area contributed by atoms with Crippen LogP contribution in [0.15, 0.2) is 54.7 Å². The Kier molecular flexibility index (Phi) is 4.03. The van der Waals surface area contributed by atoms with Gasteiger partial charge >= 0.3 is 0 Å². The zero-order valence-electron chi connectivity index (χ0n) is 14.1. The van der Waals surface area contributed by atoms with Gasteiger partial charge in [0, 0.05) is 11.5 Å². The molecule has 1 aliphatic rings. The lowest BCUT2D eigenvalue weighted by Gasteiger charge is -2.10. The lowest BCUT2D eigenvalue weighted by atomic mass is 10.1. The number of rotatable bonds is 4. The molecule has 1 amide bonds. The quantitative estimate of drug-likeness (QED) is 0.764. The molecular formula is C20H17F2N3O. The molecular weight excluding hydrogens is 336 g/mol. The number of para-hydroxylation sites is 1. The number of nitrogens with zero attached hydrogens (tertiary/aromatic N) is 2. The van der Waals surface area contributed by atoms with E-state index in [0.29, 0.717) is 12.2 Å². The van der Waals surface area contributed by atoms with Crippen LogP contribution in [0.25, 0.3) is 5.69 Å². The van der Waals surface area contributed by atoms with Crippen molar-refractivity contribution < 1.29 is 13.6 Å². The van der Waals surface area contributed by atoms with Gasteiger partial charge in [0.2, 0.25) is 5.91 Å². The second-order valence-electron chi connectivity index (χ2n) is 6.53. The maximum absolute atomic E-state index is 13.9. The first-order chi connectivity index (χ1) is 12.5. The molecule has 0 unspecified atom stereocenters. The number of hydrogen-bond acceptors (Lipinski definition) is 2. The van der Waals surface area contributed by atoms with E-state index in [2.05, 4.69) is 10.4 Å². The van der Waals surface area contributed by atoms with Gasteiger partial charge in [-0.1, -0.05) is 18.2 Å². The largest absolute Gasteiger partial charge is 0.310 e. The maximum Gasteiger partial charge on any atom is 0.229 e. The van der Waals surface area contributed by atoms with E-state index in [1.807, 2.05) is 37.3 Å². The topological polar surface area (TPSA) is 46.9 Å². The van der Waals surface area contributed by atoms with E-state index >= 15 is 0 Å². The summed E-state index contributed by atoms with van der Waals surface area (Å²) in [5.41, 5.74) is 1.93. The Morgan fingerprint density at radius 2 is 1.96 bits per heavy atom. The fraction of sp³-hybridized carbons (Fsp3) is 0.200. The van der Waals surface area contributed by atoms with Crippen molar-refractivity contribution >= 4 is 11.7 Å². The number of amides is 1. The summed E-state index contributed by atoms with van der Waals surface area (Å²) in [6.45, 7) is 1.86. The minimum absolute atomic E-state index is 0.209. The number of carbonyl (C=O) groups excluding carboxylic acids is 1. The van der Waals surface area contributed by atoms with E-state index < -0.39 is 11.6 Å². The van der Waals surface area contributed by atoms with Gasteiger partial charge in [-0.25, -0.2) is 13.5 Å². The molecule has 4 rings (SSSR count). The van der Waals surface area contributed by atoms with Crippen LogP contribution in [0.1, 0.15) is 23.5 Å². The highest BCUT2D eigenvalue weighted by molar-refractivity contribution is 5.95. The summed E-state index contributed by atoms with van der Waals surface area (Å²) in [7, 11) is 0. The smallest absolute Gasteiger partial charge is 0.229 e. The van der Waals surface area contributed by atoms with E-state index in [1.54, 1.807) is 10.9 Å². The van der Waals surface area contributed by atoms with Crippen LogP contribution in [0.3, 0.4) is 0 Å². The molecule has 0 aliphatic heterocycles. The van der Waals surface area contributed by atoms with Crippen LogP contribution in [0.4, 0.5) is 14.6 Å². The molecule has 3 aromatic rings. The number of aromatic nitrogens is 2. The van der Waals surface area contributed by atoms with Gasteiger partial charge in [-0.05, 0) is 55.2 Å². The SMILES string of the molecule is Cc1cnn(-c2ccccc2)c1NC(=O)[C@@H]1C[C@@H]1c1cc(F)ccc1F. The Hall–Kier alpha value is -3.02. The third kappa shape index (κ3) is 2.98. The molecule has 6 heteroatoms. The molecule has 1 saturated carbocycles. The predicted octanol–water partition coefficient (Wildman–Crippen LogP) is 4.20. The molecule has 0 bridgehead atoms. The Morgan fingerprint density at radius 3 is 2.73 bits per heavy atom. The molecule has 1 aliphatic carbocycles. The first-order valence-corrected chi connectivity index (χ1v) is 8.40. The molecule has 26 heavy (non-hydrogen) atoms. The van der Waals surface area contributed by atoms with Crippen molar-refractivity contribution in [2.45, 2.75) is 19.3 Å². The van der Waals surface area contributed by atoms with Crippen LogP contribution >= 0.6 is 0 Å². The Bertz CT molecular complexity index is 968. The molecule has 1 fully saturated rings. The van der Waals surface area contributed by atoms with Crippen molar-refractivity contribution in [3.63, 3.8) is 0 Å². The van der Waals surface area contributed by atoms with E-state index in [1.165, 1.54) is 6.07 Å². The maximum atomic E-state index is 13.9. The highest BCUT2D eigenvalue weighted by Crippen LogP contribution is 2.49. The number of benzene rings is 2. The van der Waals surface area contributed by atoms with Gasteiger partial charge in [0.05, 0.1) is 11.9 Å². The molecule has 2 atom stereocenters. The third-order valence-corrected chi connectivity index (χ3v) is 4.68. The van der Waals surface area contributed by atoms with Crippen LogP contribution in [0.5, 0.6) is 0 Å². The normalized spacial score (nSPS) is 18.6. The second-order valence-corrected chi connectivity index (χ2v) is 6.53. The summed E-state index contributed by atoms with van der Waals surface area (Å²) in [6.07, 6.45) is 2.18. The van der Waals surface area contributed by atoms with Crippen molar-refractivity contribution in [1.29, 1.82) is 0 Å². The molecule has 0 saturated heterocycles.